The quantitative estimate of drug-likeness (QED) is 0.563. The minimum atomic E-state index is -2.99. The summed E-state index contributed by atoms with van der Waals surface area (Å²) in [5.74, 6) is 0.0309. The Morgan fingerprint density at radius 2 is 2.20 bits per heavy atom. The Balaban J connectivity index is 3.10. The lowest BCUT2D eigenvalue weighted by atomic mass is 10.3. The maximum Gasteiger partial charge on any atom is 0.175 e. The molecule has 0 unspecified atom stereocenters. The highest BCUT2D eigenvalue weighted by molar-refractivity contribution is 7.94. The molecule has 0 saturated carbocycles. The van der Waals surface area contributed by atoms with Gasteiger partial charge in [0.05, 0.1) is 5.75 Å². The van der Waals surface area contributed by atoms with E-state index in [0.717, 1.165) is 0 Å². The average molecular weight is 179 g/mol. The molecule has 0 aromatic rings. The minimum absolute atomic E-state index is 0.0309. The van der Waals surface area contributed by atoms with Gasteiger partial charge < -0.3 is 0 Å². The number of rotatable bonds is 0. The number of allylic oxidation sites excluding steroid dienone is 2. The number of sulfone groups is 1. The standard InChI is InChI=1S/C6H7ClO2S/c1-5-4-10(8,9)3-2-6(5)7/h2,4H,3H2,1H3. The number of hydrogen-bond donors (Lipinski definition) is 0. The van der Waals surface area contributed by atoms with Crippen molar-refractivity contribution in [3.63, 3.8) is 0 Å². The highest BCUT2D eigenvalue weighted by Gasteiger charge is 2.12. The van der Waals surface area contributed by atoms with Crippen LogP contribution in [0.1, 0.15) is 6.92 Å². The van der Waals surface area contributed by atoms with Gasteiger partial charge >= 0.3 is 0 Å². The lowest BCUT2D eigenvalue weighted by Gasteiger charge is -2.05. The smallest absolute Gasteiger partial charge is 0.175 e. The second-order valence-electron chi connectivity index (χ2n) is 2.18. The van der Waals surface area contributed by atoms with Gasteiger partial charge in [-0.25, -0.2) is 8.42 Å². The van der Waals surface area contributed by atoms with Crippen LogP contribution in [0, 0.1) is 0 Å². The van der Waals surface area contributed by atoms with Gasteiger partial charge in [0.2, 0.25) is 0 Å². The van der Waals surface area contributed by atoms with Crippen LogP contribution in [0.5, 0.6) is 0 Å². The van der Waals surface area contributed by atoms with Crippen molar-refractivity contribution in [2.45, 2.75) is 6.92 Å². The lowest BCUT2D eigenvalue weighted by molar-refractivity contribution is 0.606. The Morgan fingerprint density at radius 1 is 1.60 bits per heavy atom. The summed E-state index contributed by atoms with van der Waals surface area (Å²) in [6.45, 7) is 1.68. The van der Waals surface area contributed by atoms with Crippen LogP contribution in [0.2, 0.25) is 0 Å². The molecule has 0 aromatic heterocycles. The van der Waals surface area contributed by atoms with E-state index >= 15 is 0 Å². The molecule has 4 heteroatoms. The van der Waals surface area contributed by atoms with Gasteiger partial charge in [0.25, 0.3) is 0 Å². The molecule has 56 valence electrons. The van der Waals surface area contributed by atoms with Crippen molar-refractivity contribution in [2.24, 2.45) is 0 Å². The van der Waals surface area contributed by atoms with Crippen LogP contribution in [0.15, 0.2) is 22.1 Å². The van der Waals surface area contributed by atoms with Crippen molar-refractivity contribution in [1.82, 2.24) is 0 Å². The zero-order valence-electron chi connectivity index (χ0n) is 5.46. The highest BCUT2D eigenvalue weighted by Crippen LogP contribution is 2.20. The Morgan fingerprint density at radius 3 is 2.60 bits per heavy atom. The minimum Gasteiger partial charge on any atom is -0.224 e. The Kier molecular flexibility index (Phi) is 1.88. The second-order valence-corrected chi connectivity index (χ2v) is 4.48. The summed E-state index contributed by atoms with van der Waals surface area (Å²) in [7, 11) is -2.99. The molecule has 2 nitrogen and oxygen atoms in total. The molecule has 0 atom stereocenters. The van der Waals surface area contributed by atoms with E-state index in [2.05, 4.69) is 0 Å². The number of hydrogen-bond acceptors (Lipinski definition) is 2. The van der Waals surface area contributed by atoms with Crippen LogP contribution in [0.3, 0.4) is 0 Å². The van der Waals surface area contributed by atoms with Gasteiger partial charge in [0.1, 0.15) is 0 Å². The summed E-state index contributed by atoms with van der Waals surface area (Å²) in [5, 5.41) is 1.74. The van der Waals surface area contributed by atoms with Crippen molar-refractivity contribution in [1.29, 1.82) is 0 Å². The monoisotopic (exact) mass is 178 g/mol. The van der Waals surface area contributed by atoms with Crippen molar-refractivity contribution < 1.29 is 8.42 Å². The Hall–Kier alpha value is -0.280. The summed E-state index contributed by atoms with van der Waals surface area (Å²) in [6.07, 6.45) is 1.51. The van der Waals surface area contributed by atoms with E-state index in [9.17, 15) is 8.42 Å². The molecule has 1 rings (SSSR count). The molecule has 1 aliphatic heterocycles. The summed E-state index contributed by atoms with van der Waals surface area (Å²) in [5.41, 5.74) is 0.618. The second kappa shape index (κ2) is 2.40. The predicted octanol–water partition coefficient (Wildman–Crippen LogP) is 1.44. The van der Waals surface area contributed by atoms with Gasteiger partial charge in [-0.15, -0.1) is 0 Å². The van der Waals surface area contributed by atoms with E-state index in [1.54, 1.807) is 6.92 Å². The van der Waals surface area contributed by atoms with Crippen LogP contribution < -0.4 is 0 Å². The van der Waals surface area contributed by atoms with Crippen molar-refractivity contribution in [3.8, 4) is 0 Å². The molecule has 10 heavy (non-hydrogen) atoms. The van der Waals surface area contributed by atoms with Crippen molar-refractivity contribution in [2.75, 3.05) is 5.75 Å². The van der Waals surface area contributed by atoms with Gasteiger partial charge in [-0.2, -0.15) is 0 Å². The van der Waals surface area contributed by atoms with Crippen molar-refractivity contribution in [3.05, 3.63) is 22.1 Å². The maximum absolute atomic E-state index is 10.8. The zero-order chi connectivity index (χ0) is 7.78. The first-order valence-electron chi connectivity index (χ1n) is 2.78. The van der Waals surface area contributed by atoms with E-state index < -0.39 is 9.84 Å². The molecular formula is C6H7ClO2S. The summed E-state index contributed by atoms with van der Waals surface area (Å²) in [4.78, 5) is 0. The summed E-state index contributed by atoms with van der Waals surface area (Å²) in [6, 6.07) is 0. The zero-order valence-corrected chi connectivity index (χ0v) is 7.04. The van der Waals surface area contributed by atoms with Crippen LogP contribution >= 0.6 is 11.6 Å². The predicted molar refractivity (Wildman–Crippen MR) is 41.5 cm³/mol. The fourth-order valence-electron chi connectivity index (χ4n) is 0.724. The molecule has 0 saturated heterocycles. The SMILES string of the molecule is CC1=CS(=O)(=O)CC=C1Cl. The molecule has 0 radical (unpaired) electrons. The van der Waals surface area contributed by atoms with Crippen LogP contribution in [-0.2, 0) is 9.84 Å². The van der Waals surface area contributed by atoms with E-state index in [0.29, 0.717) is 10.6 Å². The molecule has 0 fully saturated rings. The Labute approximate surface area is 65.1 Å². The van der Waals surface area contributed by atoms with Gasteiger partial charge in [-0.1, -0.05) is 17.7 Å². The molecule has 0 bridgehead atoms. The fourth-order valence-corrected chi connectivity index (χ4v) is 2.17. The van der Waals surface area contributed by atoms with Crippen LogP contribution in [-0.4, -0.2) is 14.2 Å². The first-order valence-corrected chi connectivity index (χ1v) is 4.88. The van der Waals surface area contributed by atoms with Crippen molar-refractivity contribution >= 4 is 21.4 Å². The Bertz CT molecular complexity index is 298. The van der Waals surface area contributed by atoms with E-state index in [1.807, 2.05) is 0 Å². The molecule has 1 aliphatic rings. The third-order valence-electron chi connectivity index (χ3n) is 1.23. The third kappa shape index (κ3) is 1.61. The average Bonchev–Trinajstić information content (AvgIpc) is 1.79. The van der Waals surface area contributed by atoms with Gasteiger partial charge in [0.15, 0.2) is 9.84 Å². The molecule has 0 aliphatic carbocycles. The van der Waals surface area contributed by atoms with Crippen LogP contribution in [0.4, 0.5) is 0 Å². The topological polar surface area (TPSA) is 34.1 Å². The lowest BCUT2D eigenvalue weighted by Crippen LogP contribution is -2.05. The van der Waals surface area contributed by atoms with E-state index in [4.69, 9.17) is 11.6 Å². The van der Waals surface area contributed by atoms with Gasteiger partial charge in [-0.3, -0.25) is 0 Å². The molecule has 0 N–H and O–H groups in total. The first kappa shape index (κ1) is 7.82. The fraction of sp³-hybridized carbons (Fsp3) is 0.333. The molecule has 0 amide bonds. The van der Waals surface area contributed by atoms with E-state index in [1.165, 1.54) is 11.5 Å². The largest absolute Gasteiger partial charge is 0.224 e. The third-order valence-corrected chi connectivity index (χ3v) is 3.02. The highest BCUT2D eigenvalue weighted by atomic mass is 35.5. The van der Waals surface area contributed by atoms with Crippen LogP contribution in [0.25, 0.3) is 0 Å². The normalized spacial score (nSPS) is 23.4. The maximum atomic E-state index is 10.8. The van der Waals surface area contributed by atoms with E-state index in [-0.39, 0.29) is 5.75 Å². The summed E-state index contributed by atoms with van der Waals surface area (Å²) >= 11 is 5.62. The first-order chi connectivity index (χ1) is 4.51. The number of halogens is 1. The molecule has 1 heterocycles. The van der Waals surface area contributed by atoms with Gasteiger partial charge in [0, 0.05) is 10.4 Å². The van der Waals surface area contributed by atoms with Gasteiger partial charge in [-0.05, 0) is 12.5 Å². The molecule has 0 spiro atoms. The molecular weight excluding hydrogens is 172 g/mol. The molecule has 0 aromatic carbocycles. The summed E-state index contributed by atoms with van der Waals surface area (Å²) < 4.78 is 21.7.